The first-order valence-electron chi connectivity index (χ1n) is 10.8. The van der Waals surface area contributed by atoms with Gasteiger partial charge in [0.1, 0.15) is 5.82 Å². The van der Waals surface area contributed by atoms with Gasteiger partial charge in [0, 0.05) is 31.7 Å². The Balaban J connectivity index is 1.51. The topological polar surface area (TPSA) is 23.6 Å². The molecule has 1 aliphatic rings. The van der Waals surface area contributed by atoms with Crippen LogP contribution in [0.5, 0.6) is 0 Å². The molecule has 0 aromatic heterocycles. The molecule has 3 nitrogen and oxygen atoms in total. The fourth-order valence-corrected chi connectivity index (χ4v) is 4.30. The average Bonchev–Trinajstić information content (AvgIpc) is 2.72. The molecule has 0 amide bonds. The molecule has 2 aromatic rings. The lowest BCUT2D eigenvalue weighted by Crippen LogP contribution is -2.41. The van der Waals surface area contributed by atoms with Crippen LogP contribution in [0.3, 0.4) is 0 Å². The second kappa shape index (κ2) is 10.7. The van der Waals surface area contributed by atoms with Crippen molar-refractivity contribution in [3.8, 4) is 0 Å². The summed E-state index contributed by atoms with van der Waals surface area (Å²) in [5.74, 6) is 0.634. The highest BCUT2D eigenvalue weighted by Crippen LogP contribution is 2.20. The van der Waals surface area contributed by atoms with Crippen LogP contribution in [0, 0.1) is 11.7 Å². The van der Waals surface area contributed by atoms with E-state index < -0.39 is 0 Å². The molecule has 0 saturated carbocycles. The molecule has 1 aliphatic heterocycles. The predicted octanol–water partition coefficient (Wildman–Crippen LogP) is 4.80. The number of hydrogen-bond donors (Lipinski definition) is 0. The Morgan fingerprint density at radius 2 is 1.97 bits per heavy atom. The number of benzene rings is 2. The molecule has 1 saturated heterocycles. The van der Waals surface area contributed by atoms with E-state index in [0.717, 1.165) is 56.8 Å². The number of piperidine rings is 1. The van der Waals surface area contributed by atoms with Crippen LogP contribution in [0.25, 0.3) is 0 Å². The molecule has 1 atom stereocenters. The minimum Gasteiger partial charge on any atom is -0.303 e. The van der Waals surface area contributed by atoms with E-state index in [0.29, 0.717) is 5.92 Å². The van der Waals surface area contributed by atoms with Gasteiger partial charge < -0.3 is 4.90 Å². The third-order valence-corrected chi connectivity index (χ3v) is 5.91. The van der Waals surface area contributed by atoms with Crippen LogP contribution < -0.4 is 0 Å². The van der Waals surface area contributed by atoms with Crippen molar-refractivity contribution in [2.75, 3.05) is 32.7 Å². The number of carbonyl (C=O) groups excluding carboxylic acids is 1. The van der Waals surface area contributed by atoms with Crippen LogP contribution in [0.2, 0.25) is 0 Å². The Kier molecular flexibility index (Phi) is 7.96. The number of Topliss-reactive ketones (excluding diaryl/α,β-unsaturated/α-hetero) is 1. The first-order chi connectivity index (χ1) is 14.0. The number of halogens is 1. The molecule has 1 heterocycles. The molecule has 29 heavy (non-hydrogen) atoms. The fourth-order valence-electron chi connectivity index (χ4n) is 4.30. The summed E-state index contributed by atoms with van der Waals surface area (Å²) < 4.78 is 13.4. The second-order valence-electron chi connectivity index (χ2n) is 8.27. The maximum atomic E-state index is 13.4. The first-order valence-corrected chi connectivity index (χ1v) is 10.8. The molecule has 0 unspecified atom stereocenters. The lowest BCUT2D eigenvalue weighted by Gasteiger charge is -2.35. The number of nitrogens with zero attached hydrogens (tertiary/aromatic N) is 2. The van der Waals surface area contributed by atoms with E-state index in [1.807, 2.05) is 24.3 Å². The van der Waals surface area contributed by atoms with Crippen molar-refractivity contribution in [1.29, 1.82) is 0 Å². The molecular weight excluding hydrogens is 363 g/mol. The highest BCUT2D eigenvalue weighted by atomic mass is 19.1. The van der Waals surface area contributed by atoms with Crippen molar-refractivity contribution >= 4 is 5.78 Å². The number of ketones is 1. The summed E-state index contributed by atoms with van der Waals surface area (Å²) in [5, 5.41) is 0. The summed E-state index contributed by atoms with van der Waals surface area (Å²) in [7, 11) is 0. The van der Waals surface area contributed by atoms with Crippen molar-refractivity contribution in [3.05, 3.63) is 71.0 Å². The quantitative estimate of drug-likeness (QED) is 0.569. The molecule has 0 aliphatic carbocycles. The minimum absolute atomic E-state index is 0.121. The zero-order valence-electron chi connectivity index (χ0n) is 17.7. The Morgan fingerprint density at radius 3 is 2.72 bits per heavy atom. The van der Waals surface area contributed by atoms with Crippen molar-refractivity contribution < 1.29 is 9.18 Å². The lowest BCUT2D eigenvalue weighted by molar-refractivity contribution is 0.101. The van der Waals surface area contributed by atoms with Gasteiger partial charge in [0.2, 0.25) is 0 Å². The predicted molar refractivity (Wildman–Crippen MR) is 117 cm³/mol. The normalized spacial score (nSPS) is 17.6. The monoisotopic (exact) mass is 396 g/mol. The zero-order chi connectivity index (χ0) is 20.6. The Bertz CT molecular complexity index is 807. The number of likely N-dealkylation sites (tertiary alicyclic amines) is 1. The van der Waals surface area contributed by atoms with Gasteiger partial charge in [0.25, 0.3) is 0 Å². The average molecular weight is 397 g/mol. The summed E-state index contributed by atoms with van der Waals surface area (Å²) in [6.07, 6.45) is 3.39. The standard InChI is InChI=1S/C25H33FN2O/c1-3-27(17-22-8-4-10-24(15-22)20(2)29)18-23-9-6-13-28(19-23)14-12-21-7-5-11-25(26)16-21/h4-5,7-8,10-11,15-16,23H,3,6,9,12-14,17-19H2,1-2H3/t23-/m1/s1. The van der Waals surface area contributed by atoms with Crippen molar-refractivity contribution in [2.45, 2.75) is 39.7 Å². The maximum absolute atomic E-state index is 13.4. The molecule has 3 rings (SSSR count). The van der Waals surface area contributed by atoms with E-state index in [4.69, 9.17) is 0 Å². The van der Waals surface area contributed by atoms with Crippen LogP contribution in [0.15, 0.2) is 48.5 Å². The van der Waals surface area contributed by atoms with Gasteiger partial charge in [-0.3, -0.25) is 9.69 Å². The van der Waals surface area contributed by atoms with E-state index in [2.05, 4.69) is 22.8 Å². The summed E-state index contributed by atoms with van der Waals surface area (Å²) in [6.45, 7) is 10.0. The third-order valence-electron chi connectivity index (χ3n) is 5.91. The van der Waals surface area contributed by atoms with Crippen LogP contribution >= 0.6 is 0 Å². The number of carbonyl (C=O) groups is 1. The van der Waals surface area contributed by atoms with Crippen LogP contribution in [-0.2, 0) is 13.0 Å². The largest absolute Gasteiger partial charge is 0.303 e. The summed E-state index contributed by atoms with van der Waals surface area (Å²) in [5.41, 5.74) is 3.07. The molecule has 2 aromatic carbocycles. The maximum Gasteiger partial charge on any atom is 0.159 e. The summed E-state index contributed by atoms with van der Waals surface area (Å²) >= 11 is 0. The van der Waals surface area contributed by atoms with Crippen LogP contribution in [0.1, 0.15) is 48.2 Å². The van der Waals surface area contributed by atoms with E-state index in [1.54, 1.807) is 19.1 Å². The van der Waals surface area contributed by atoms with E-state index >= 15 is 0 Å². The highest BCUT2D eigenvalue weighted by molar-refractivity contribution is 5.94. The third kappa shape index (κ3) is 6.76. The van der Waals surface area contributed by atoms with Gasteiger partial charge in [-0.15, -0.1) is 0 Å². The lowest BCUT2D eigenvalue weighted by atomic mass is 9.96. The molecule has 0 spiro atoms. The zero-order valence-corrected chi connectivity index (χ0v) is 17.7. The molecule has 1 fully saturated rings. The molecule has 0 bridgehead atoms. The van der Waals surface area contributed by atoms with Gasteiger partial charge in [-0.1, -0.05) is 37.3 Å². The van der Waals surface area contributed by atoms with Gasteiger partial charge >= 0.3 is 0 Å². The summed E-state index contributed by atoms with van der Waals surface area (Å²) in [6, 6.07) is 15.0. The SMILES string of the molecule is CCN(Cc1cccc(C(C)=O)c1)C[C@H]1CCCN(CCc2cccc(F)c2)C1. The highest BCUT2D eigenvalue weighted by Gasteiger charge is 2.21. The molecule has 0 N–H and O–H groups in total. The molecule has 0 radical (unpaired) electrons. The van der Waals surface area contributed by atoms with Crippen molar-refractivity contribution in [3.63, 3.8) is 0 Å². The van der Waals surface area contributed by atoms with Crippen LogP contribution in [-0.4, -0.2) is 48.3 Å². The van der Waals surface area contributed by atoms with Gasteiger partial charge in [0.15, 0.2) is 5.78 Å². The summed E-state index contributed by atoms with van der Waals surface area (Å²) in [4.78, 5) is 16.7. The Morgan fingerprint density at radius 1 is 1.17 bits per heavy atom. The first kappa shape index (κ1) is 21.7. The molecule has 4 heteroatoms. The Labute approximate surface area is 174 Å². The smallest absolute Gasteiger partial charge is 0.159 e. The Hall–Kier alpha value is -2.04. The van der Waals surface area contributed by atoms with Gasteiger partial charge in [-0.25, -0.2) is 4.39 Å². The van der Waals surface area contributed by atoms with E-state index in [-0.39, 0.29) is 11.6 Å². The number of rotatable bonds is 9. The van der Waals surface area contributed by atoms with Gasteiger partial charge in [0.05, 0.1) is 0 Å². The van der Waals surface area contributed by atoms with E-state index in [9.17, 15) is 9.18 Å². The fraction of sp³-hybridized carbons (Fsp3) is 0.480. The minimum atomic E-state index is -0.147. The van der Waals surface area contributed by atoms with Crippen molar-refractivity contribution in [1.82, 2.24) is 9.80 Å². The van der Waals surface area contributed by atoms with Crippen LogP contribution in [0.4, 0.5) is 4.39 Å². The van der Waals surface area contributed by atoms with Crippen molar-refractivity contribution in [2.24, 2.45) is 5.92 Å². The molecule has 156 valence electrons. The second-order valence-corrected chi connectivity index (χ2v) is 8.27. The van der Waals surface area contributed by atoms with E-state index in [1.165, 1.54) is 24.5 Å². The number of hydrogen-bond acceptors (Lipinski definition) is 3. The van der Waals surface area contributed by atoms with Gasteiger partial charge in [-0.05, 0) is 74.5 Å². The van der Waals surface area contributed by atoms with Gasteiger partial charge in [-0.2, -0.15) is 0 Å². The molecular formula is C25H33FN2O.